The number of anilines is 2. The Bertz CT molecular complexity index is 772. The molecule has 0 radical (unpaired) electrons. The van der Waals surface area contributed by atoms with Crippen molar-refractivity contribution in [3.63, 3.8) is 0 Å². The molecule has 1 saturated carbocycles. The second-order valence-corrected chi connectivity index (χ2v) is 7.09. The van der Waals surface area contributed by atoms with Crippen LogP contribution in [0.3, 0.4) is 0 Å². The minimum absolute atomic E-state index is 0.135. The quantitative estimate of drug-likeness (QED) is 0.636. The second kappa shape index (κ2) is 6.26. The molecule has 138 valence electrons. The van der Waals surface area contributed by atoms with E-state index in [0.717, 1.165) is 19.3 Å². The van der Waals surface area contributed by atoms with Crippen LogP contribution < -0.4 is 9.80 Å². The summed E-state index contributed by atoms with van der Waals surface area (Å²) in [5.74, 6) is -3.37. The van der Waals surface area contributed by atoms with Gasteiger partial charge in [0.2, 0.25) is 6.41 Å². The molecule has 3 aliphatic rings. The van der Waals surface area contributed by atoms with Gasteiger partial charge in [0.15, 0.2) is 5.78 Å². The van der Waals surface area contributed by atoms with Crippen molar-refractivity contribution in [3.8, 4) is 0 Å². The number of carbonyl (C=O) groups excluding carboxylic acids is 2. The first kappa shape index (κ1) is 16.8. The van der Waals surface area contributed by atoms with Gasteiger partial charge in [-0.3, -0.25) is 14.4 Å². The molecule has 1 atom stereocenters. The highest BCUT2D eigenvalue weighted by Gasteiger charge is 2.42. The highest BCUT2D eigenvalue weighted by Crippen LogP contribution is 2.41. The Morgan fingerprint density at radius 1 is 1.15 bits per heavy atom. The fourth-order valence-corrected chi connectivity index (χ4v) is 3.78. The molecular formula is C18H20FN3O4. The zero-order valence-electron chi connectivity index (χ0n) is 14.2. The van der Waals surface area contributed by atoms with E-state index in [1.807, 2.05) is 9.80 Å². The summed E-state index contributed by atoms with van der Waals surface area (Å²) in [4.78, 5) is 40.3. The van der Waals surface area contributed by atoms with Gasteiger partial charge in [0.1, 0.15) is 11.7 Å². The fourth-order valence-electron chi connectivity index (χ4n) is 3.78. The SMILES string of the molecule is O=CN1CCN(c2cc3c(cc2F)C(=O)C(C(=O)O)CN3C2CC2)CC1. The molecule has 1 aromatic rings. The number of ketones is 1. The van der Waals surface area contributed by atoms with Crippen molar-refractivity contribution >= 4 is 29.5 Å². The number of carboxylic acids is 1. The lowest BCUT2D eigenvalue weighted by molar-refractivity contribution is -0.139. The molecule has 2 aliphatic heterocycles. The summed E-state index contributed by atoms with van der Waals surface area (Å²) < 4.78 is 14.7. The third kappa shape index (κ3) is 2.79. The zero-order valence-corrected chi connectivity index (χ0v) is 14.2. The molecule has 26 heavy (non-hydrogen) atoms. The number of aliphatic carboxylic acids is 1. The van der Waals surface area contributed by atoms with E-state index in [0.29, 0.717) is 37.6 Å². The number of Topliss-reactive ketones (excluding diaryl/α,β-unsaturated/α-hetero) is 1. The fraction of sp³-hybridized carbons (Fsp3) is 0.500. The van der Waals surface area contributed by atoms with Crippen LogP contribution in [-0.4, -0.2) is 66.9 Å². The molecule has 1 unspecified atom stereocenters. The topological polar surface area (TPSA) is 81.2 Å². The van der Waals surface area contributed by atoms with Gasteiger partial charge in [-0.2, -0.15) is 0 Å². The molecule has 4 rings (SSSR count). The number of piperazine rings is 1. The summed E-state index contributed by atoms with van der Waals surface area (Å²) in [6.45, 7) is 2.21. The van der Waals surface area contributed by atoms with E-state index >= 15 is 0 Å². The Morgan fingerprint density at radius 2 is 1.85 bits per heavy atom. The predicted molar refractivity (Wildman–Crippen MR) is 92.1 cm³/mol. The van der Waals surface area contributed by atoms with Gasteiger partial charge < -0.3 is 19.8 Å². The maximum absolute atomic E-state index is 14.7. The lowest BCUT2D eigenvalue weighted by atomic mass is 9.90. The molecule has 8 heteroatoms. The van der Waals surface area contributed by atoms with Crippen LogP contribution in [-0.2, 0) is 9.59 Å². The van der Waals surface area contributed by atoms with Crippen LogP contribution in [0.4, 0.5) is 15.8 Å². The average Bonchev–Trinajstić information content (AvgIpc) is 3.47. The van der Waals surface area contributed by atoms with Crippen molar-refractivity contribution in [3.05, 3.63) is 23.5 Å². The van der Waals surface area contributed by atoms with E-state index in [1.54, 1.807) is 11.0 Å². The van der Waals surface area contributed by atoms with Crippen molar-refractivity contribution in [2.75, 3.05) is 42.5 Å². The van der Waals surface area contributed by atoms with Crippen LogP contribution >= 0.6 is 0 Å². The van der Waals surface area contributed by atoms with E-state index < -0.39 is 23.5 Å². The number of fused-ring (bicyclic) bond motifs is 1. The molecule has 1 aromatic carbocycles. The van der Waals surface area contributed by atoms with Gasteiger partial charge in [-0.25, -0.2) is 4.39 Å². The molecule has 2 fully saturated rings. The van der Waals surface area contributed by atoms with Crippen LogP contribution in [0.1, 0.15) is 23.2 Å². The highest BCUT2D eigenvalue weighted by molar-refractivity contribution is 6.13. The number of carbonyl (C=O) groups is 3. The smallest absolute Gasteiger partial charge is 0.316 e. The molecule has 0 bridgehead atoms. The third-order valence-corrected chi connectivity index (χ3v) is 5.43. The first-order valence-electron chi connectivity index (χ1n) is 8.81. The van der Waals surface area contributed by atoms with Crippen molar-refractivity contribution in [1.82, 2.24) is 4.90 Å². The van der Waals surface area contributed by atoms with Gasteiger partial charge in [-0.1, -0.05) is 0 Å². The van der Waals surface area contributed by atoms with Gasteiger partial charge in [0.25, 0.3) is 0 Å². The number of amides is 1. The Morgan fingerprint density at radius 3 is 2.42 bits per heavy atom. The number of benzene rings is 1. The molecule has 1 aliphatic carbocycles. The zero-order chi connectivity index (χ0) is 18.4. The summed E-state index contributed by atoms with van der Waals surface area (Å²) in [7, 11) is 0. The van der Waals surface area contributed by atoms with Gasteiger partial charge in [0, 0.05) is 44.3 Å². The number of halogens is 1. The molecule has 0 aromatic heterocycles. The van der Waals surface area contributed by atoms with E-state index in [9.17, 15) is 23.9 Å². The normalized spacial score (nSPS) is 23.0. The van der Waals surface area contributed by atoms with Gasteiger partial charge >= 0.3 is 5.97 Å². The highest BCUT2D eigenvalue weighted by atomic mass is 19.1. The van der Waals surface area contributed by atoms with Gasteiger partial charge in [0.05, 0.1) is 11.4 Å². The molecule has 0 spiro atoms. The maximum Gasteiger partial charge on any atom is 0.316 e. The number of rotatable bonds is 4. The van der Waals surface area contributed by atoms with Crippen LogP contribution in [0, 0.1) is 11.7 Å². The Kier molecular flexibility index (Phi) is 4.05. The minimum atomic E-state index is -1.17. The minimum Gasteiger partial charge on any atom is -0.481 e. The molecule has 2 heterocycles. The summed E-state index contributed by atoms with van der Waals surface area (Å²) in [5.41, 5.74) is 1.19. The standard InChI is InChI=1S/C18H20FN3O4/c19-14-7-12-15(8-16(14)21-5-3-20(10-23)4-6-21)22(11-1-2-11)9-13(17(12)24)18(25)26/h7-8,10-11,13H,1-6,9H2,(H,25,26). The van der Waals surface area contributed by atoms with Gasteiger partial charge in [-0.05, 0) is 25.0 Å². The van der Waals surface area contributed by atoms with Crippen LogP contribution in [0.25, 0.3) is 0 Å². The summed E-state index contributed by atoms with van der Waals surface area (Å²) in [6, 6.07) is 3.08. The van der Waals surface area contributed by atoms with Crippen LogP contribution in [0.2, 0.25) is 0 Å². The van der Waals surface area contributed by atoms with Crippen LogP contribution in [0.5, 0.6) is 0 Å². The summed E-state index contributed by atoms with van der Waals surface area (Å²) >= 11 is 0. The lowest BCUT2D eigenvalue weighted by Gasteiger charge is -2.37. The van der Waals surface area contributed by atoms with E-state index in [4.69, 9.17) is 0 Å². The van der Waals surface area contributed by atoms with Crippen LogP contribution in [0.15, 0.2) is 12.1 Å². The first-order chi connectivity index (χ1) is 12.5. The van der Waals surface area contributed by atoms with Crippen molar-refractivity contribution in [1.29, 1.82) is 0 Å². The summed E-state index contributed by atoms with van der Waals surface area (Å²) in [5, 5.41) is 9.35. The second-order valence-electron chi connectivity index (χ2n) is 7.09. The van der Waals surface area contributed by atoms with Crippen molar-refractivity contribution in [2.45, 2.75) is 18.9 Å². The van der Waals surface area contributed by atoms with E-state index in [2.05, 4.69) is 0 Å². The Labute approximate surface area is 150 Å². The predicted octanol–water partition coefficient (Wildman–Crippen LogP) is 0.970. The first-order valence-corrected chi connectivity index (χ1v) is 8.81. The lowest BCUT2D eigenvalue weighted by Crippen LogP contribution is -2.47. The molecular weight excluding hydrogens is 341 g/mol. The van der Waals surface area contributed by atoms with E-state index in [1.165, 1.54) is 6.07 Å². The van der Waals surface area contributed by atoms with Crippen molar-refractivity contribution in [2.24, 2.45) is 5.92 Å². The molecule has 7 nitrogen and oxygen atoms in total. The Hall–Kier alpha value is -2.64. The number of nitrogens with zero attached hydrogens (tertiary/aromatic N) is 3. The molecule has 1 amide bonds. The maximum atomic E-state index is 14.7. The van der Waals surface area contributed by atoms with Gasteiger partial charge in [-0.15, -0.1) is 0 Å². The summed E-state index contributed by atoms with van der Waals surface area (Å²) in [6.07, 6.45) is 2.69. The number of carboxylic acid groups (broad SMARTS) is 1. The largest absolute Gasteiger partial charge is 0.481 e. The van der Waals surface area contributed by atoms with Crippen molar-refractivity contribution < 1.29 is 23.9 Å². The Balaban J connectivity index is 1.70. The average molecular weight is 361 g/mol. The monoisotopic (exact) mass is 361 g/mol. The third-order valence-electron chi connectivity index (χ3n) is 5.43. The molecule has 1 saturated heterocycles. The van der Waals surface area contributed by atoms with E-state index in [-0.39, 0.29) is 18.2 Å². The molecule has 1 N–H and O–H groups in total. The number of hydrogen-bond donors (Lipinski definition) is 1. The number of hydrogen-bond acceptors (Lipinski definition) is 5.